The van der Waals surface area contributed by atoms with Crippen LogP contribution in [0.25, 0.3) is 11.0 Å². The van der Waals surface area contributed by atoms with Crippen molar-refractivity contribution in [1.29, 1.82) is 0 Å². The van der Waals surface area contributed by atoms with E-state index in [2.05, 4.69) is 15.9 Å². The first-order chi connectivity index (χ1) is 11.9. The number of aryl methyl sites for hydroxylation is 2. The molecule has 0 saturated carbocycles. The molecule has 6 heteroatoms. The lowest BCUT2D eigenvalue weighted by Gasteiger charge is -2.10. The minimum Gasteiger partial charge on any atom is -0.507 e. The molecule has 0 fully saturated rings. The van der Waals surface area contributed by atoms with E-state index in [9.17, 15) is 14.7 Å². The Balaban J connectivity index is 1.93. The van der Waals surface area contributed by atoms with E-state index < -0.39 is 11.6 Å². The van der Waals surface area contributed by atoms with Gasteiger partial charge in [0.25, 0.3) is 0 Å². The molecule has 0 aliphatic carbocycles. The smallest absolute Gasteiger partial charge is 0.342 e. The minimum atomic E-state index is -0.677. The molecule has 0 aliphatic rings. The predicted octanol–water partition coefficient (Wildman–Crippen LogP) is 4.23. The van der Waals surface area contributed by atoms with Gasteiger partial charge in [0.2, 0.25) is 0 Å². The van der Waals surface area contributed by atoms with Gasteiger partial charge in [-0.3, -0.25) is 0 Å². The van der Waals surface area contributed by atoms with Crippen molar-refractivity contribution in [3.63, 3.8) is 0 Å². The zero-order valence-electron chi connectivity index (χ0n) is 13.6. The highest BCUT2D eigenvalue weighted by Crippen LogP contribution is 2.25. The fourth-order valence-corrected chi connectivity index (χ4v) is 2.90. The molecule has 3 aromatic rings. The van der Waals surface area contributed by atoms with Gasteiger partial charge in [-0.15, -0.1) is 0 Å². The number of benzene rings is 2. The Morgan fingerprint density at radius 2 is 1.96 bits per heavy atom. The van der Waals surface area contributed by atoms with Gasteiger partial charge in [0.1, 0.15) is 23.5 Å². The van der Waals surface area contributed by atoms with Crippen LogP contribution in [-0.2, 0) is 11.3 Å². The molecule has 0 radical (unpaired) electrons. The third kappa shape index (κ3) is 3.44. The Bertz CT molecular complexity index is 1040. The Morgan fingerprint density at radius 1 is 1.20 bits per heavy atom. The number of halogens is 1. The molecule has 0 bridgehead atoms. The van der Waals surface area contributed by atoms with Crippen molar-refractivity contribution >= 4 is 32.9 Å². The topological polar surface area (TPSA) is 76.7 Å². The molecule has 128 valence electrons. The standard InChI is InChI=1S/C19H15BrO5/c1-10-3-5-14-12(7-17(22)25-18(14)11(10)2)9-24-19(23)15-8-13(20)4-6-16(15)21/h3-8,21H,9H2,1-2H3. The highest BCUT2D eigenvalue weighted by Gasteiger charge is 2.15. The van der Waals surface area contributed by atoms with Gasteiger partial charge in [-0.2, -0.15) is 0 Å². The average Bonchev–Trinajstić information content (AvgIpc) is 2.58. The number of rotatable bonds is 3. The normalized spacial score (nSPS) is 10.8. The number of hydrogen-bond acceptors (Lipinski definition) is 5. The summed E-state index contributed by atoms with van der Waals surface area (Å²) in [7, 11) is 0. The number of aromatic hydroxyl groups is 1. The van der Waals surface area contributed by atoms with Gasteiger partial charge in [0.05, 0.1) is 0 Å². The molecule has 2 aromatic carbocycles. The van der Waals surface area contributed by atoms with Crippen LogP contribution in [0, 0.1) is 13.8 Å². The second-order valence-electron chi connectivity index (χ2n) is 5.71. The second kappa shape index (κ2) is 6.72. The van der Waals surface area contributed by atoms with Crippen molar-refractivity contribution in [3.05, 3.63) is 73.5 Å². The van der Waals surface area contributed by atoms with Crippen molar-refractivity contribution in [2.75, 3.05) is 0 Å². The summed E-state index contributed by atoms with van der Waals surface area (Å²) in [4.78, 5) is 24.1. The highest BCUT2D eigenvalue weighted by atomic mass is 79.9. The van der Waals surface area contributed by atoms with Crippen LogP contribution in [0.1, 0.15) is 27.0 Å². The molecule has 0 atom stereocenters. The van der Waals surface area contributed by atoms with Gasteiger partial charge in [-0.1, -0.05) is 28.1 Å². The molecule has 25 heavy (non-hydrogen) atoms. The van der Waals surface area contributed by atoms with Crippen LogP contribution in [0.15, 0.2) is 50.1 Å². The number of ether oxygens (including phenoxy) is 1. The van der Waals surface area contributed by atoms with Gasteiger partial charge < -0.3 is 14.3 Å². The maximum atomic E-state index is 12.2. The third-order valence-electron chi connectivity index (χ3n) is 4.05. The largest absolute Gasteiger partial charge is 0.507 e. The zero-order valence-corrected chi connectivity index (χ0v) is 15.2. The van der Waals surface area contributed by atoms with Gasteiger partial charge >= 0.3 is 11.6 Å². The molecule has 0 amide bonds. The fraction of sp³-hybridized carbons (Fsp3) is 0.158. The van der Waals surface area contributed by atoms with Crippen LogP contribution >= 0.6 is 15.9 Å². The molecule has 5 nitrogen and oxygen atoms in total. The highest BCUT2D eigenvalue weighted by molar-refractivity contribution is 9.10. The summed E-state index contributed by atoms with van der Waals surface area (Å²) in [5, 5.41) is 10.5. The van der Waals surface area contributed by atoms with E-state index in [0.29, 0.717) is 21.0 Å². The number of esters is 1. The number of phenols is 1. The summed E-state index contributed by atoms with van der Waals surface area (Å²) in [5.74, 6) is -0.846. The van der Waals surface area contributed by atoms with Crippen LogP contribution in [0.3, 0.4) is 0 Å². The second-order valence-corrected chi connectivity index (χ2v) is 6.63. The zero-order chi connectivity index (χ0) is 18.1. The summed E-state index contributed by atoms with van der Waals surface area (Å²) in [5.41, 5.74) is 2.46. The molecular weight excluding hydrogens is 388 g/mol. The van der Waals surface area contributed by atoms with Crippen molar-refractivity contribution in [2.24, 2.45) is 0 Å². The Hall–Kier alpha value is -2.60. The molecular formula is C19H15BrO5. The van der Waals surface area contributed by atoms with Crippen LogP contribution in [0.2, 0.25) is 0 Å². The summed E-state index contributed by atoms with van der Waals surface area (Å²) in [6, 6.07) is 9.56. The van der Waals surface area contributed by atoms with Crippen molar-refractivity contribution in [3.8, 4) is 5.75 Å². The fourth-order valence-electron chi connectivity index (χ4n) is 2.54. The van der Waals surface area contributed by atoms with E-state index >= 15 is 0 Å². The summed E-state index contributed by atoms with van der Waals surface area (Å²) in [6.07, 6.45) is 0. The van der Waals surface area contributed by atoms with Crippen LogP contribution in [0.4, 0.5) is 0 Å². The molecule has 1 heterocycles. The molecule has 0 spiro atoms. The van der Waals surface area contributed by atoms with Crippen LogP contribution in [0.5, 0.6) is 5.75 Å². The number of fused-ring (bicyclic) bond motifs is 1. The summed E-state index contributed by atoms with van der Waals surface area (Å²) in [6.45, 7) is 3.70. The molecule has 0 saturated heterocycles. The lowest BCUT2D eigenvalue weighted by atomic mass is 10.0. The number of carbonyl (C=O) groups is 1. The first kappa shape index (κ1) is 17.2. The molecule has 0 aliphatic heterocycles. The maximum Gasteiger partial charge on any atom is 0.342 e. The SMILES string of the molecule is Cc1ccc2c(COC(=O)c3cc(Br)ccc3O)cc(=O)oc2c1C. The number of hydrogen-bond donors (Lipinski definition) is 1. The molecule has 0 unspecified atom stereocenters. The quantitative estimate of drug-likeness (QED) is 0.523. The van der Waals surface area contributed by atoms with E-state index in [1.807, 2.05) is 26.0 Å². The van der Waals surface area contributed by atoms with Crippen LogP contribution < -0.4 is 5.63 Å². The van der Waals surface area contributed by atoms with E-state index in [1.165, 1.54) is 18.2 Å². The predicted molar refractivity (Wildman–Crippen MR) is 96.9 cm³/mol. The summed E-state index contributed by atoms with van der Waals surface area (Å²) < 4.78 is 11.2. The Labute approximate surface area is 152 Å². The van der Waals surface area contributed by atoms with Crippen molar-refractivity contribution < 1.29 is 19.1 Å². The first-order valence-electron chi connectivity index (χ1n) is 7.55. The lowest BCUT2D eigenvalue weighted by Crippen LogP contribution is -2.08. The van der Waals surface area contributed by atoms with Crippen LogP contribution in [-0.4, -0.2) is 11.1 Å². The van der Waals surface area contributed by atoms with E-state index in [0.717, 1.165) is 11.1 Å². The van der Waals surface area contributed by atoms with Gasteiger partial charge in [0, 0.05) is 21.5 Å². The van der Waals surface area contributed by atoms with Gasteiger partial charge in [-0.05, 0) is 43.2 Å². The number of phenolic OH excluding ortho intramolecular Hbond substituents is 1. The summed E-state index contributed by atoms with van der Waals surface area (Å²) >= 11 is 3.24. The van der Waals surface area contributed by atoms with E-state index in [4.69, 9.17) is 9.15 Å². The van der Waals surface area contributed by atoms with Crippen molar-refractivity contribution in [1.82, 2.24) is 0 Å². The third-order valence-corrected chi connectivity index (χ3v) is 4.55. The average molecular weight is 403 g/mol. The Kier molecular flexibility index (Phi) is 4.63. The monoisotopic (exact) mass is 402 g/mol. The maximum absolute atomic E-state index is 12.2. The van der Waals surface area contributed by atoms with Gasteiger partial charge in [-0.25, -0.2) is 9.59 Å². The first-order valence-corrected chi connectivity index (χ1v) is 8.34. The molecule has 3 rings (SSSR count). The van der Waals surface area contributed by atoms with E-state index in [-0.39, 0.29) is 17.9 Å². The Morgan fingerprint density at radius 3 is 2.72 bits per heavy atom. The lowest BCUT2D eigenvalue weighted by molar-refractivity contribution is 0.0470. The minimum absolute atomic E-state index is 0.0497. The van der Waals surface area contributed by atoms with Crippen molar-refractivity contribution in [2.45, 2.75) is 20.5 Å². The van der Waals surface area contributed by atoms with E-state index in [1.54, 1.807) is 6.07 Å². The molecule has 1 N–H and O–H groups in total. The molecule has 1 aromatic heterocycles. The van der Waals surface area contributed by atoms with Gasteiger partial charge in [0.15, 0.2) is 0 Å². The number of carbonyl (C=O) groups excluding carboxylic acids is 1.